The number of hydrogen-bond acceptors (Lipinski definition) is 4. The summed E-state index contributed by atoms with van der Waals surface area (Å²) in [6, 6.07) is 7.07. The van der Waals surface area contributed by atoms with Crippen molar-refractivity contribution < 1.29 is 13.5 Å². The molecule has 158 valence electrons. The number of aliphatic imine (C=N–C) groups is 1. The molecule has 1 aromatic carbocycles. The minimum atomic E-state index is -2.86. The highest BCUT2D eigenvalue weighted by Crippen LogP contribution is 2.21. The Hall–Kier alpha value is -2.71. The fraction of sp³-hybridized carbons (Fsp3) is 0.550. The third-order valence-electron chi connectivity index (χ3n) is 5.14. The highest BCUT2D eigenvalue weighted by Gasteiger charge is 2.16. The van der Waals surface area contributed by atoms with Crippen molar-refractivity contribution in [1.29, 1.82) is 0 Å². The first kappa shape index (κ1) is 21.0. The van der Waals surface area contributed by atoms with E-state index in [1.54, 1.807) is 18.2 Å². The third kappa shape index (κ3) is 6.13. The number of halogens is 2. The van der Waals surface area contributed by atoms with Gasteiger partial charge in [-0.3, -0.25) is 0 Å². The van der Waals surface area contributed by atoms with Gasteiger partial charge in [0.05, 0.1) is 13.1 Å². The van der Waals surface area contributed by atoms with Gasteiger partial charge in [0.25, 0.3) is 0 Å². The van der Waals surface area contributed by atoms with Crippen LogP contribution in [0, 0.1) is 6.92 Å². The number of alkyl halides is 2. The molecule has 9 heteroatoms. The Labute approximate surface area is 169 Å². The van der Waals surface area contributed by atoms with Crippen molar-refractivity contribution in [3.63, 3.8) is 0 Å². The van der Waals surface area contributed by atoms with E-state index in [-0.39, 0.29) is 12.3 Å². The number of ether oxygens (including phenoxy) is 1. The lowest BCUT2D eigenvalue weighted by Gasteiger charge is -2.25. The lowest BCUT2D eigenvalue weighted by Crippen LogP contribution is -2.44. The molecule has 1 heterocycles. The Kier molecular flexibility index (Phi) is 7.37. The summed E-state index contributed by atoms with van der Waals surface area (Å²) in [5, 5.41) is 15.0. The summed E-state index contributed by atoms with van der Waals surface area (Å²) in [5.74, 6) is 2.40. The standard InChI is InChI=1S/C20H28F2N6O/c1-14-26-27-18(28(14)2)13-24-20(25-16-9-4-3-5-10-16)23-12-15-8-6-7-11-17(15)29-19(21)22/h6-8,11,16,19H,3-5,9-10,12-13H2,1-2H3,(H2,23,24,25). The van der Waals surface area contributed by atoms with Gasteiger partial charge in [-0.15, -0.1) is 10.2 Å². The maximum Gasteiger partial charge on any atom is 0.387 e. The molecule has 1 aliphatic rings. The maximum absolute atomic E-state index is 12.7. The van der Waals surface area contributed by atoms with E-state index >= 15 is 0 Å². The van der Waals surface area contributed by atoms with Gasteiger partial charge in [-0.25, -0.2) is 4.99 Å². The van der Waals surface area contributed by atoms with Crippen molar-refractivity contribution in [3.05, 3.63) is 41.5 Å². The molecule has 0 bridgehead atoms. The summed E-state index contributed by atoms with van der Waals surface area (Å²) in [5.41, 5.74) is 0.604. The second-order valence-electron chi connectivity index (χ2n) is 7.21. The number of nitrogens with zero attached hydrogens (tertiary/aromatic N) is 4. The van der Waals surface area contributed by atoms with E-state index in [2.05, 4.69) is 30.6 Å². The van der Waals surface area contributed by atoms with Crippen molar-refractivity contribution in [2.45, 2.75) is 64.8 Å². The first-order chi connectivity index (χ1) is 14.0. The largest absolute Gasteiger partial charge is 0.434 e. The van der Waals surface area contributed by atoms with Crippen molar-refractivity contribution in [3.8, 4) is 5.75 Å². The number of nitrogens with one attached hydrogen (secondary N) is 2. The number of aromatic nitrogens is 3. The van der Waals surface area contributed by atoms with Gasteiger partial charge >= 0.3 is 6.61 Å². The molecule has 0 unspecified atom stereocenters. The molecule has 0 aliphatic heterocycles. The summed E-state index contributed by atoms with van der Waals surface area (Å²) in [6.45, 7) is -0.281. The molecule has 3 rings (SSSR count). The molecule has 0 atom stereocenters. The fourth-order valence-corrected chi connectivity index (χ4v) is 3.37. The highest BCUT2D eigenvalue weighted by molar-refractivity contribution is 5.80. The number of benzene rings is 1. The van der Waals surface area contributed by atoms with Crippen molar-refractivity contribution in [2.75, 3.05) is 0 Å². The molecule has 0 spiro atoms. The van der Waals surface area contributed by atoms with Gasteiger partial charge in [-0.1, -0.05) is 37.5 Å². The topological polar surface area (TPSA) is 76.4 Å². The Bertz CT molecular complexity index is 817. The lowest BCUT2D eigenvalue weighted by molar-refractivity contribution is -0.0504. The molecule has 7 nitrogen and oxygen atoms in total. The van der Waals surface area contributed by atoms with Crippen LogP contribution in [0.5, 0.6) is 5.75 Å². The summed E-state index contributed by atoms with van der Waals surface area (Å²) >= 11 is 0. The van der Waals surface area contributed by atoms with Crippen LogP contribution in [0.15, 0.2) is 29.3 Å². The van der Waals surface area contributed by atoms with Gasteiger partial charge in [-0.05, 0) is 25.8 Å². The summed E-state index contributed by atoms with van der Waals surface area (Å²) in [6.07, 6.45) is 5.83. The number of rotatable bonds is 7. The minimum absolute atomic E-state index is 0.146. The van der Waals surface area contributed by atoms with Crippen molar-refractivity contribution in [1.82, 2.24) is 25.4 Å². The predicted octanol–water partition coefficient (Wildman–Crippen LogP) is 3.29. The Balaban J connectivity index is 1.72. The summed E-state index contributed by atoms with van der Waals surface area (Å²) < 4.78 is 31.8. The fourth-order valence-electron chi connectivity index (χ4n) is 3.37. The molecule has 0 radical (unpaired) electrons. The molecular weight excluding hydrogens is 378 g/mol. The Morgan fingerprint density at radius 1 is 1.24 bits per heavy atom. The first-order valence-corrected chi connectivity index (χ1v) is 9.95. The molecule has 1 aliphatic carbocycles. The van der Waals surface area contributed by atoms with Gasteiger partial charge < -0.3 is 19.9 Å². The van der Waals surface area contributed by atoms with E-state index in [1.165, 1.54) is 25.3 Å². The van der Waals surface area contributed by atoms with Crippen LogP contribution in [0.25, 0.3) is 0 Å². The number of aryl methyl sites for hydroxylation is 1. The van der Waals surface area contributed by atoms with Crippen LogP contribution in [0.1, 0.15) is 49.3 Å². The zero-order valence-corrected chi connectivity index (χ0v) is 16.9. The summed E-state index contributed by atoms with van der Waals surface area (Å²) in [4.78, 5) is 4.62. The Morgan fingerprint density at radius 2 is 2.00 bits per heavy atom. The van der Waals surface area contributed by atoms with E-state index in [0.717, 1.165) is 24.5 Å². The van der Waals surface area contributed by atoms with Crippen LogP contribution in [-0.4, -0.2) is 33.4 Å². The molecule has 0 saturated heterocycles. The van der Waals surface area contributed by atoms with E-state index in [9.17, 15) is 8.78 Å². The second kappa shape index (κ2) is 10.2. The summed E-state index contributed by atoms with van der Waals surface area (Å²) in [7, 11) is 1.91. The van der Waals surface area contributed by atoms with Gasteiger partial charge in [-0.2, -0.15) is 8.78 Å². The average Bonchev–Trinajstić information content (AvgIpc) is 3.03. The maximum atomic E-state index is 12.7. The van der Waals surface area contributed by atoms with E-state index in [0.29, 0.717) is 24.1 Å². The van der Waals surface area contributed by atoms with Crippen molar-refractivity contribution >= 4 is 5.96 Å². The van der Waals surface area contributed by atoms with Gasteiger partial charge in [0.1, 0.15) is 11.6 Å². The number of hydrogen-bond donors (Lipinski definition) is 2. The number of guanidine groups is 1. The van der Waals surface area contributed by atoms with Crippen LogP contribution in [0.3, 0.4) is 0 Å². The van der Waals surface area contributed by atoms with Gasteiger partial charge in [0.15, 0.2) is 11.8 Å². The number of para-hydroxylation sites is 1. The molecule has 2 aromatic rings. The van der Waals surface area contributed by atoms with Gasteiger partial charge in [0.2, 0.25) is 0 Å². The van der Waals surface area contributed by atoms with Crippen LogP contribution >= 0.6 is 0 Å². The first-order valence-electron chi connectivity index (χ1n) is 9.95. The zero-order valence-electron chi connectivity index (χ0n) is 16.9. The molecule has 29 heavy (non-hydrogen) atoms. The normalized spacial score (nSPS) is 15.6. The molecular formula is C20H28F2N6O. The average molecular weight is 406 g/mol. The van der Waals surface area contributed by atoms with Crippen LogP contribution in [0.4, 0.5) is 8.78 Å². The van der Waals surface area contributed by atoms with E-state index in [1.807, 2.05) is 18.5 Å². The SMILES string of the molecule is Cc1nnc(CNC(=NCc2ccccc2OC(F)F)NC2CCCCC2)n1C. The zero-order chi connectivity index (χ0) is 20.6. The monoisotopic (exact) mass is 406 g/mol. The molecule has 1 aromatic heterocycles. The van der Waals surface area contributed by atoms with Crippen LogP contribution in [-0.2, 0) is 20.1 Å². The Morgan fingerprint density at radius 3 is 2.69 bits per heavy atom. The third-order valence-corrected chi connectivity index (χ3v) is 5.14. The quantitative estimate of drug-likeness (QED) is 0.545. The second-order valence-corrected chi connectivity index (χ2v) is 7.21. The molecule has 2 N–H and O–H groups in total. The van der Waals surface area contributed by atoms with Crippen LogP contribution < -0.4 is 15.4 Å². The molecule has 0 amide bonds. The van der Waals surface area contributed by atoms with E-state index < -0.39 is 6.61 Å². The smallest absolute Gasteiger partial charge is 0.387 e. The predicted molar refractivity (Wildman–Crippen MR) is 107 cm³/mol. The van der Waals surface area contributed by atoms with Crippen LogP contribution in [0.2, 0.25) is 0 Å². The van der Waals surface area contributed by atoms with E-state index in [4.69, 9.17) is 0 Å². The highest BCUT2D eigenvalue weighted by atomic mass is 19.3. The lowest BCUT2D eigenvalue weighted by atomic mass is 9.96. The molecule has 1 saturated carbocycles. The molecule has 1 fully saturated rings. The van der Waals surface area contributed by atoms with Gasteiger partial charge in [0, 0.05) is 18.7 Å². The minimum Gasteiger partial charge on any atom is -0.434 e. The van der Waals surface area contributed by atoms with Crippen molar-refractivity contribution in [2.24, 2.45) is 12.0 Å².